The number of pyridine rings is 1. The van der Waals surface area contributed by atoms with Crippen LogP contribution in [0.5, 0.6) is 0 Å². The summed E-state index contributed by atoms with van der Waals surface area (Å²) in [5.41, 5.74) is 3.83. The third kappa shape index (κ3) is 7.25. The standard InChI is InChI=1S/C21H28N2S2/c1-16(2)14-24-20(23-19-7-6-12-22-13-19)25-15-17-8-10-18(11-9-17)21(3,4)5/h6-13,16H,14-15H2,1-5H3. The summed E-state index contributed by atoms with van der Waals surface area (Å²) in [6.07, 6.45) is 3.60. The highest BCUT2D eigenvalue weighted by Gasteiger charge is 2.13. The Morgan fingerprint density at radius 1 is 1.08 bits per heavy atom. The van der Waals surface area contributed by atoms with Crippen LogP contribution in [0.15, 0.2) is 53.8 Å². The van der Waals surface area contributed by atoms with Crippen LogP contribution in [0.3, 0.4) is 0 Å². The van der Waals surface area contributed by atoms with Crippen molar-refractivity contribution in [2.24, 2.45) is 10.9 Å². The van der Waals surface area contributed by atoms with Crippen molar-refractivity contribution in [3.63, 3.8) is 0 Å². The van der Waals surface area contributed by atoms with Gasteiger partial charge in [0.05, 0.1) is 11.9 Å². The molecular formula is C21H28N2S2. The van der Waals surface area contributed by atoms with Crippen LogP contribution in [0.4, 0.5) is 5.69 Å². The van der Waals surface area contributed by atoms with Crippen LogP contribution >= 0.6 is 23.5 Å². The van der Waals surface area contributed by atoms with E-state index >= 15 is 0 Å². The first-order valence-corrected chi connectivity index (χ1v) is 10.7. The molecule has 0 saturated carbocycles. The van der Waals surface area contributed by atoms with Gasteiger partial charge >= 0.3 is 0 Å². The van der Waals surface area contributed by atoms with Crippen LogP contribution in [0.2, 0.25) is 0 Å². The molecule has 2 nitrogen and oxygen atoms in total. The van der Waals surface area contributed by atoms with Crippen LogP contribution in [-0.4, -0.2) is 15.1 Å². The zero-order valence-electron chi connectivity index (χ0n) is 15.8. The van der Waals surface area contributed by atoms with E-state index in [-0.39, 0.29) is 5.41 Å². The lowest BCUT2D eigenvalue weighted by molar-refractivity contribution is 0.590. The van der Waals surface area contributed by atoms with E-state index in [0.29, 0.717) is 5.92 Å². The summed E-state index contributed by atoms with van der Waals surface area (Å²) in [7, 11) is 0. The molecule has 0 N–H and O–H groups in total. The number of benzene rings is 1. The lowest BCUT2D eigenvalue weighted by Crippen LogP contribution is -2.10. The molecular weight excluding hydrogens is 344 g/mol. The van der Waals surface area contributed by atoms with E-state index in [1.807, 2.05) is 41.9 Å². The van der Waals surface area contributed by atoms with Crippen LogP contribution < -0.4 is 0 Å². The molecule has 4 heteroatoms. The minimum Gasteiger partial charge on any atom is -0.262 e. The van der Waals surface area contributed by atoms with Gasteiger partial charge in [0.25, 0.3) is 0 Å². The lowest BCUT2D eigenvalue weighted by Gasteiger charge is -2.19. The van der Waals surface area contributed by atoms with Gasteiger partial charge in [-0.3, -0.25) is 4.98 Å². The average Bonchev–Trinajstić information content (AvgIpc) is 2.57. The monoisotopic (exact) mass is 372 g/mol. The summed E-state index contributed by atoms with van der Waals surface area (Å²) in [5.74, 6) is 2.67. The van der Waals surface area contributed by atoms with Gasteiger partial charge in [-0.1, -0.05) is 82.4 Å². The van der Waals surface area contributed by atoms with E-state index in [1.165, 1.54) is 11.1 Å². The molecule has 0 aliphatic heterocycles. The summed E-state index contributed by atoms with van der Waals surface area (Å²) in [6.45, 7) is 11.2. The van der Waals surface area contributed by atoms with E-state index in [1.54, 1.807) is 6.20 Å². The summed E-state index contributed by atoms with van der Waals surface area (Å²) in [5, 5.41) is 0. The number of thioether (sulfide) groups is 2. The third-order valence-corrected chi connectivity index (χ3v) is 6.28. The zero-order chi connectivity index (χ0) is 18.3. The second kappa shape index (κ2) is 9.44. The molecule has 134 valence electrons. The molecule has 0 atom stereocenters. The molecule has 0 saturated heterocycles. The first-order valence-electron chi connectivity index (χ1n) is 8.68. The normalized spacial score (nSPS) is 12.6. The Morgan fingerprint density at radius 3 is 2.36 bits per heavy atom. The summed E-state index contributed by atoms with van der Waals surface area (Å²) >= 11 is 3.65. The van der Waals surface area contributed by atoms with E-state index in [0.717, 1.165) is 21.6 Å². The van der Waals surface area contributed by atoms with Gasteiger partial charge < -0.3 is 0 Å². The Hall–Kier alpha value is -1.26. The zero-order valence-corrected chi connectivity index (χ0v) is 17.5. The molecule has 1 aromatic carbocycles. The number of hydrogen-bond acceptors (Lipinski definition) is 4. The Balaban J connectivity index is 2.05. The highest BCUT2D eigenvalue weighted by Crippen LogP contribution is 2.28. The summed E-state index contributed by atoms with van der Waals surface area (Å²) < 4.78 is 1.11. The molecule has 2 rings (SSSR count). The van der Waals surface area contributed by atoms with Crippen LogP contribution in [0.25, 0.3) is 0 Å². The molecule has 0 radical (unpaired) electrons. The fourth-order valence-electron chi connectivity index (χ4n) is 2.12. The Bertz CT molecular complexity index is 671. The second-order valence-corrected chi connectivity index (χ2v) is 9.76. The Kier molecular flexibility index (Phi) is 7.57. The molecule has 0 bridgehead atoms. The molecule has 2 aromatic rings. The number of hydrogen-bond donors (Lipinski definition) is 0. The summed E-state index contributed by atoms with van der Waals surface area (Å²) in [6, 6.07) is 12.9. The van der Waals surface area contributed by atoms with Crippen LogP contribution in [0.1, 0.15) is 45.7 Å². The number of aliphatic imine (C=N–C) groups is 1. The molecule has 0 amide bonds. The summed E-state index contributed by atoms with van der Waals surface area (Å²) in [4.78, 5) is 8.94. The largest absolute Gasteiger partial charge is 0.262 e. The number of rotatable bonds is 5. The first kappa shape index (κ1) is 20.1. The average molecular weight is 373 g/mol. The highest BCUT2D eigenvalue weighted by atomic mass is 32.2. The maximum atomic E-state index is 4.78. The first-order chi connectivity index (χ1) is 11.8. The van der Waals surface area contributed by atoms with Gasteiger partial charge in [-0.15, -0.1) is 0 Å². The van der Waals surface area contributed by atoms with E-state index < -0.39 is 0 Å². The molecule has 0 unspecified atom stereocenters. The maximum absolute atomic E-state index is 4.78. The molecule has 25 heavy (non-hydrogen) atoms. The van der Waals surface area contributed by atoms with Crippen molar-refractivity contribution < 1.29 is 0 Å². The van der Waals surface area contributed by atoms with Gasteiger partial charge in [0.15, 0.2) is 0 Å². The van der Waals surface area contributed by atoms with Crippen LogP contribution in [0, 0.1) is 5.92 Å². The van der Waals surface area contributed by atoms with E-state index in [4.69, 9.17) is 4.99 Å². The maximum Gasteiger partial charge on any atom is 0.130 e. The molecule has 1 aromatic heterocycles. The van der Waals surface area contributed by atoms with Gasteiger partial charge in [-0.05, 0) is 34.6 Å². The fraction of sp³-hybridized carbons (Fsp3) is 0.429. The topological polar surface area (TPSA) is 25.2 Å². The van der Waals surface area contributed by atoms with Crippen molar-refractivity contribution in [3.05, 3.63) is 59.9 Å². The molecule has 0 spiro atoms. The molecule has 0 aliphatic rings. The van der Waals surface area contributed by atoms with E-state index in [9.17, 15) is 0 Å². The van der Waals surface area contributed by atoms with Gasteiger partial charge in [-0.2, -0.15) is 0 Å². The van der Waals surface area contributed by atoms with Crippen molar-refractivity contribution in [1.82, 2.24) is 4.98 Å². The second-order valence-electron chi connectivity index (χ2n) is 7.53. The predicted molar refractivity (Wildman–Crippen MR) is 115 cm³/mol. The van der Waals surface area contributed by atoms with Crippen molar-refractivity contribution >= 4 is 33.6 Å². The molecule has 0 fully saturated rings. The minimum atomic E-state index is 0.200. The van der Waals surface area contributed by atoms with Crippen molar-refractivity contribution in [2.75, 3.05) is 5.75 Å². The Morgan fingerprint density at radius 2 is 1.80 bits per heavy atom. The van der Waals surface area contributed by atoms with Crippen molar-refractivity contribution in [3.8, 4) is 0 Å². The molecule has 0 aliphatic carbocycles. The predicted octanol–water partition coefficient (Wildman–Crippen LogP) is 6.69. The van der Waals surface area contributed by atoms with Crippen molar-refractivity contribution in [1.29, 1.82) is 0 Å². The highest BCUT2D eigenvalue weighted by molar-refractivity contribution is 8.38. The number of aromatic nitrogens is 1. The quantitative estimate of drug-likeness (QED) is 0.432. The smallest absolute Gasteiger partial charge is 0.130 e. The van der Waals surface area contributed by atoms with Gasteiger partial charge in [0.1, 0.15) is 4.38 Å². The minimum absolute atomic E-state index is 0.200. The fourth-order valence-corrected chi connectivity index (χ4v) is 4.13. The van der Waals surface area contributed by atoms with Crippen molar-refractivity contribution in [2.45, 2.75) is 45.8 Å². The van der Waals surface area contributed by atoms with Crippen LogP contribution in [-0.2, 0) is 11.2 Å². The SMILES string of the molecule is CC(C)CSC(=Nc1cccnc1)SCc1ccc(C(C)(C)C)cc1. The van der Waals surface area contributed by atoms with Gasteiger partial charge in [-0.25, -0.2) is 4.99 Å². The molecule has 1 heterocycles. The van der Waals surface area contributed by atoms with E-state index in [2.05, 4.69) is 63.9 Å². The Labute approximate surface area is 160 Å². The number of nitrogens with zero attached hydrogens (tertiary/aromatic N) is 2. The van der Waals surface area contributed by atoms with Gasteiger partial charge in [0, 0.05) is 17.7 Å². The van der Waals surface area contributed by atoms with Gasteiger partial charge in [0.2, 0.25) is 0 Å². The third-order valence-electron chi connectivity index (χ3n) is 3.59. The lowest BCUT2D eigenvalue weighted by atomic mass is 9.87.